The molecule has 0 radical (unpaired) electrons. The van der Waals surface area contributed by atoms with E-state index in [0.29, 0.717) is 17.5 Å². The number of rotatable bonds is 4. The lowest BCUT2D eigenvalue weighted by atomic mass is 9.70. The molecule has 1 aromatic rings. The molecule has 0 spiro atoms. The summed E-state index contributed by atoms with van der Waals surface area (Å²) in [5, 5.41) is 5.14. The molecule has 4 nitrogen and oxygen atoms in total. The van der Waals surface area contributed by atoms with Crippen molar-refractivity contribution in [3.05, 3.63) is 22.1 Å². The second kappa shape index (κ2) is 5.55. The fourth-order valence-corrected chi connectivity index (χ4v) is 3.13. The predicted octanol–water partition coefficient (Wildman–Crippen LogP) is 2.74. The maximum absolute atomic E-state index is 12.5. The predicted molar refractivity (Wildman–Crippen MR) is 70.6 cm³/mol. The number of hydrogen-bond acceptors (Lipinski definition) is 2. The van der Waals surface area contributed by atoms with Gasteiger partial charge in [-0.3, -0.25) is 19.8 Å². The summed E-state index contributed by atoms with van der Waals surface area (Å²) in [6.07, 6.45) is 5.56. The largest absolute Gasteiger partial charge is 0.295 e. The average molecular weight is 250 g/mol. The molecule has 1 saturated carbocycles. The molecule has 4 heteroatoms. The maximum Gasteiger partial charge on any atom is 0.264 e. The van der Waals surface area contributed by atoms with Crippen molar-refractivity contribution in [1.82, 2.24) is 10.2 Å². The first kappa shape index (κ1) is 13.1. The first-order valence-corrected chi connectivity index (χ1v) is 6.95. The van der Waals surface area contributed by atoms with Gasteiger partial charge >= 0.3 is 0 Å². The van der Waals surface area contributed by atoms with Crippen LogP contribution >= 0.6 is 0 Å². The third kappa shape index (κ3) is 2.57. The van der Waals surface area contributed by atoms with Crippen LogP contribution in [0.5, 0.6) is 0 Å². The Morgan fingerprint density at radius 1 is 1.39 bits per heavy atom. The zero-order chi connectivity index (χ0) is 13.1. The van der Waals surface area contributed by atoms with Gasteiger partial charge in [-0.05, 0) is 24.7 Å². The van der Waals surface area contributed by atoms with Crippen LogP contribution in [0.3, 0.4) is 0 Å². The summed E-state index contributed by atoms with van der Waals surface area (Å²) in [5.74, 6) is 1.23. The Balaban J connectivity index is 2.18. The van der Waals surface area contributed by atoms with Crippen molar-refractivity contribution in [2.45, 2.75) is 46.0 Å². The lowest BCUT2D eigenvalue weighted by Gasteiger charge is -2.34. The molecule has 0 saturated heterocycles. The molecule has 1 aromatic heterocycles. The summed E-state index contributed by atoms with van der Waals surface area (Å²) in [5.41, 5.74) is 0.217. The summed E-state index contributed by atoms with van der Waals surface area (Å²) in [6, 6.07) is 1.38. The quantitative estimate of drug-likeness (QED) is 0.807. The molecule has 1 fully saturated rings. The van der Waals surface area contributed by atoms with E-state index in [-0.39, 0.29) is 17.3 Å². The van der Waals surface area contributed by atoms with Crippen LogP contribution in [-0.4, -0.2) is 16.0 Å². The first-order chi connectivity index (χ1) is 8.63. The number of Topliss-reactive ketones (excluding diaryl/α,β-unsaturated/α-hetero) is 1. The highest BCUT2D eigenvalue weighted by Crippen LogP contribution is 2.37. The fraction of sp³-hybridized carbons (Fsp3) is 0.714. The molecule has 18 heavy (non-hydrogen) atoms. The Morgan fingerprint density at radius 3 is 2.72 bits per heavy atom. The van der Waals surface area contributed by atoms with Gasteiger partial charge in [0.2, 0.25) is 0 Å². The molecule has 0 amide bonds. The van der Waals surface area contributed by atoms with Crippen LogP contribution < -0.4 is 5.56 Å². The van der Waals surface area contributed by atoms with Crippen LogP contribution in [0.1, 0.15) is 56.4 Å². The Hall–Kier alpha value is -1.32. The Labute approximate surface area is 107 Å². The van der Waals surface area contributed by atoms with E-state index in [0.717, 1.165) is 25.7 Å². The van der Waals surface area contributed by atoms with E-state index in [4.69, 9.17) is 0 Å². The van der Waals surface area contributed by atoms with Crippen molar-refractivity contribution in [3.8, 4) is 0 Å². The van der Waals surface area contributed by atoms with E-state index >= 15 is 0 Å². The van der Waals surface area contributed by atoms with E-state index in [2.05, 4.69) is 24.0 Å². The number of nitrogens with one attached hydrogen (secondary N) is 2. The second-order valence-corrected chi connectivity index (χ2v) is 5.48. The second-order valence-electron chi connectivity index (χ2n) is 5.48. The molecule has 1 aliphatic rings. The van der Waals surface area contributed by atoms with Gasteiger partial charge in [0.25, 0.3) is 5.56 Å². The molecule has 2 rings (SSSR count). The van der Waals surface area contributed by atoms with E-state index in [1.165, 1.54) is 12.5 Å². The van der Waals surface area contributed by atoms with Gasteiger partial charge in [-0.25, -0.2) is 0 Å². The van der Waals surface area contributed by atoms with Gasteiger partial charge in [0.15, 0.2) is 5.78 Å². The molecule has 1 aliphatic carbocycles. The summed E-state index contributed by atoms with van der Waals surface area (Å²) in [4.78, 5) is 23.6. The lowest BCUT2D eigenvalue weighted by molar-refractivity contribution is 0.0757. The van der Waals surface area contributed by atoms with Crippen LogP contribution in [-0.2, 0) is 0 Å². The molecular formula is C14H22N2O2. The molecular weight excluding hydrogens is 228 g/mol. The average Bonchev–Trinajstić information content (AvgIpc) is 2.83. The topological polar surface area (TPSA) is 65.7 Å². The van der Waals surface area contributed by atoms with Crippen molar-refractivity contribution in [1.29, 1.82) is 0 Å². The van der Waals surface area contributed by atoms with Crippen molar-refractivity contribution >= 4 is 5.78 Å². The highest BCUT2D eigenvalue weighted by Gasteiger charge is 2.34. The molecule has 0 aromatic carbocycles. The van der Waals surface area contributed by atoms with E-state index in [1.54, 1.807) is 0 Å². The van der Waals surface area contributed by atoms with Crippen LogP contribution in [0.15, 0.2) is 10.9 Å². The number of ketones is 1. The molecule has 0 bridgehead atoms. The Bertz CT molecular complexity index is 460. The number of aromatic nitrogens is 2. The Kier molecular flexibility index (Phi) is 4.04. The summed E-state index contributed by atoms with van der Waals surface area (Å²) in [6.45, 7) is 4.41. The summed E-state index contributed by atoms with van der Waals surface area (Å²) in [7, 11) is 0. The molecule has 3 unspecified atom stereocenters. The van der Waals surface area contributed by atoms with Crippen LogP contribution in [0.2, 0.25) is 0 Å². The fourth-order valence-electron chi connectivity index (χ4n) is 3.13. The summed E-state index contributed by atoms with van der Waals surface area (Å²) < 4.78 is 0. The Morgan fingerprint density at radius 2 is 2.11 bits per heavy atom. The third-order valence-corrected chi connectivity index (χ3v) is 4.39. The van der Waals surface area contributed by atoms with E-state index < -0.39 is 0 Å². The standard InChI is InChI=1S/C14H22N2O2/c1-3-9(2)10-6-4-5-7-11(10)14(18)12-8-13(17)16-15-12/h8-11H,3-7H2,1-2H3,(H2,15,16,17). The smallest absolute Gasteiger partial charge is 0.264 e. The van der Waals surface area contributed by atoms with Crippen molar-refractivity contribution < 1.29 is 4.79 Å². The molecule has 1 heterocycles. The van der Waals surface area contributed by atoms with Gasteiger partial charge in [0.05, 0.1) is 0 Å². The van der Waals surface area contributed by atoms with Gasteiger partial charge in [-0.15, -0.1) is 0 Å². The minimum absolute atomic E-state index is 0.0835. The summed E-state index contributed by atoms with van der Waals surface area (Å²) >= 11 is 0. The number of H-pyrrole nitrogens is 2. The van der Waals surface area contributed by atoms with Crippen LogP contribution in [0.4, 0.5) is 0 Å². The zero-order valence-electron chi connectivity index (χ0n) is 11.2. The van der Waals surface area contributed by atoms with Gasteiger partial charge in [-0.2, -0.15) is 0 Å². The third-order valence-electron chi connectivity index (χ3n) is 4.39. The number of carbonyl (C=O) groups is 1. The van der Waals surface area contributed by atoms with Gasteiger partial charge in [-0.1, -0.05) is 33.1 Å². The zero-order valence-corrected chi connectivity index (χ0v) is 11.2. The van der Waals surface area contributed by atoms with Crippen molar-refractivity contribution in [2.24, 2.45) is 17.8 Å². The lowest BCUT2D eigenvalue weighted by Crippen LogP contribution is -2.31. The molecule has 100 valence electrons. The van der Waals surface area contributed by atoms with Crippen LogP contribution in [0, 0.1) is 17.8 Å². The highest BCUT2D eigenvalue weighted by atomic mass is 16.1. The minimum atomic E-state index is -0.228. The SMILES string of the molecule is CCC(C)C1CCCCC1C(=O)c1cc(=O)[nH][nH]1. The monoisotopic (exact) mass is 250 g/mol. The molecule has 0 aliphatic heterocycles. The number of carbonyl (C=O) groups excluding carboxylic acids is 1. The maximum atomic E-state index is 12.5. The molecule has 2 N–H and O–H groups in total. The van der Waals surface area contributed by atoms with E-state index in [1.807, 2.05) is 0 Å². The molecule has 3 atom stereocenters. The minimum Gasteiger partial charge on any atom is -0.295 e. The van der Waals surface area contributed by atoms with Gasteiger partial charge < -0.3 is 0 Å². The number of aromatic amines is 2. The van der Waals surface area contributed by atoms with Gasteiger partial charge in [0.1, 0.15) is 5.69 Å². The number of hydrogen-bond donors (Lipinski definition) is 2. The van der Waals surface area contributed by atoms with Crippen molar-refractivity contribution in [3.63, 3.8) is 0 Å². The van der Waals surface area contributed by atoms with Crippen molar-refractivity contribution in [2.75, 3.05) is 0 Å². The van der Waals surface area contributed by atoms with Crippen LogP contribution in [0.25, 0.3) is 0 Å². The first-order valence-electron chi connectivity index (χ1n) is 6.95. The normalized spacial score (nSPS) is 25.9. The van der Waals surface area contributed by atoms with E-state index in [9.17, 15) is 9.59 Å². The van der Waals surface area contributed by atoms with Gasteiger partial charge in [0, 0.05) is 12.0 Å². The highest BCUT2D eigenvalue weighted by molar-refractivity contribution is 5.96.